The molecule has 5 N–H and O–H groups in total. The molecule has 0 atom stereocenters. The molecule has 0 aliphatic heterocycles. The second-order valence-corrected chi connectivity index (χ2v) is 7.75. The van der Waals surface area contributed by atoms with Gasteiger partial charge in [-0.05, 0) is 33.6 Å². The van der Waals surface area contributed by atoms with Gasteiger partial charge in [-0.15, -0.1) is 0 Å². The molecule has 0 aliphatic carbocycles. The van der Waals surface area contributed by atoms with Crippen LogP contribution in [0.15, 0.2) is 27.8 Å². The summed E-state index contributed by atoms with van der Waals surface area (Å²) in [6, 6.07) is 4.85. The number of rotatable bonds is 9. The zero-order valence-electron chi connectivity index (χ0n) is 11.8. The number of oxime groups is 1. The SMILES string of the molecule is NCCSSCCNC(=O)C(Cc1ccc(O)c(Br)c1)=NO. The van der Waals surface area contributed by atoms with Crippen LogP contribution in [0.5, 0.6) is 5.75 Å². The van der Waals surface area contributed by atoms with Gasteiger partial charge in [0.05, 0.1) is 4.47 Å². The van der Waals surface area contributed by atoms with E-state index in [0.29, 0.717) is 17.6 Å². The van der Waals surface area contributed by atoms with Crippen LogP contribution in [0.4, 0.5) is 0 Å². The number of amides is 1. The van der Waals surface area contributed by atoms with Crippen molar-refractivity contribution in [2.75, 3.05) is 24.6 Å². The number of halogens is 1. The van der Waals surface area contributed by atoms with Crippen LogP contribution in [0, 0.1) is 0 Å². The number of hydrogen-bond acceptors (Lipinski definition) is 7. The van der Waals surface area contributed by atoms with E-state index in [4.69, 9.17) is 10.9 Å². The average molecular weight is 408 g/mol. The highest BCUT2D eigenvalue weighted by Crippen LogP contribution is 2.24. The Hall–Kier alpha value is -0.900. The van der Waals surface area contributed by atoms with E-state index in [1.54, 1.807) is 33.7 Å². The monoisotopic (exact) mass is 407 g/mol. The van der Waals surface area contributed by atoms with Gasteiger partial charge in [0.2, 0.25) is 0 Å². The third-order valence-electron chi connectivity index (χ3n) is 2.52. The number of benzene rings is 1. The minimum absolute atomic E-state index is 0.0252. The van der Waals surface area contributed by atoms with Crippen molar-refractivity contribution in [1.82, 2.24) is 5.32 Å². The molecule has 0 unspecified atom stereocenters. The van der Waals surface area contributed by atoms with Crippen molar-refractivity contribution in [3.05, 3.63) is 28.2 Å². The summed E-state index contributed by atoms with van der Waals surface area (Å²) in [5.41, 5.74) is 6.15. The minimum Gasteiger partial charge on any atom is -0.507 e. The molecule has 0 saturated carbocycles. The molecule has 6 nitrogen and oxygen atoms in total. The lowest BCUT2D eigenvalue weighted by molar-refractivity contribution is -0.114. The van der Waals surface area contributed by atoms with Crippen LogP contribution in [-0.4, -0.2) is 46.5 Å². The number of hydrogen-bond donors (Lipinski definition) is 4. The molecule has 0 aliphatic rings. The summed E-state index contributed by atoms with van der Waals surface area (Å²) in [4.78, 5) is 11.9. The number of aromatic hydroxyl groups is 1. The Balaban J connectivity index is 2.43. The molecule has 1 aromatic carbocycles. The van der Waals surface area contributed by atoms with Crippen molar-refractivity contribution in [1.29, 1.82) is 0 Å². The normalized spacial score (nSPS) is 11.5. The lowest BCUT2D eigenvalue weighted by Crippen LogP contribution is -2.33. The minimum atomic E-state index is -0.406. The maximum Gasteiger partial charge on any atom is 0.269 e. The van der Waals surface area contributed by atoms with E-state index in [0.717, 1.165) is 17.1 Å². The van der Waals surface area contributed by atoms with E-state index in [1.807, 2.05) is 0 Å². The smallest absolute Gasteiger partial charge is 0.269 e. The highest BCUT2D eigenvalue weighted by Gasteiger charge is 2.13. The van der Waals surface area contributed by atoms with Crippen LogP contribution in [0.1, 0.15) is 5.56 Å². The molecule has 0 heterocycles. The van der Waals surface area contributed by atoms with Gasteiger partial charge in [0.1, 0.15) is 11.5 Å². The number of nitrogens with zero attached hydrogens (tertiary/aromatic N) is 1. The van der Waals surface area contributed by atoms with E-state index in [-0.39, 0.29) is 17.9 Å². The molecule has 0 fully saturated rings. The van der Waals surface area contributed by atoms with Crippen LogP contribution in [0.25, 0.3) is 0 Å². The molecule has 0 saturated heterocycles. The van der Waals surface area contributed by atoms with E-state index in [9.17, 15) is 9.90 Å². The fourth-order valence-electron chi connectivity index (χ4n) is 1.49. The second kappa shape index (κ2) is 10.8. The Kier molecular flexibility index (Phi) is 9.37. The molecule has 122 valence electrons. The number of carbonyl (C=O) groups is 1. The van der Waals surface area contributed by atoms with Crippen LogP contribution < -0.4 is 11.1 Å². The van der Waals surface area contributed by atoms with Crippen LogP contribution >= 0.6 is 37.5 Å². The molecule has 1 rings (SSSR count). The topological polar surface area (TPSA) is 108 Å². The van der Waals surface area contributed by atoms with Gasteiger partial charge in [0.25, 0.3) is 5.91 Å². The quantitative estimate of drug-likeness (QED) is 0.164. The maximum atomic E-state index is 11.9. The van der Waals surface area contributed by atoms with Crippen molar-refractivity contribution < 1.29 is 15.1 Å². The first-order valence-electron chi connectivity index (χ1n) is 6.49. The summed E-state index contributed by atoms with van der Waals surface area (Å²) in [5, 5.41) is 24.2. The Morgan fingerprint density at radius 2 is 2.09 bits per heavy atom. The van der Waals surface area contributed by atoms with Crippen molar-refractivity contribution in [3.8, 4) is 5.75 Å². The highest BCUT2D eigenvalue weighted by molar-refractivity contribution is 9.10. The van der Waals surface area contributed by atoms with Crippen molar-refractivity contribution >= 4 is 49.1 Å². The van der Waals surface area contributed by atoms with Gasteiger partial charge < -0.3 is 21.4 Å². The van der Waals surface area contributed by atoms with Crippen molar-refractivity contribution in [2.45, 2.75) is 6.42 Å². The maximum absolute atomic E-state index is 11.9. The molecular formula is C13H18BrN3O3S2. The van der Waals surface area contributed by atoms with Crippen LogP contribution in [-0.2, 0) is 11.2 Å². The van der Waals surface area contributed by atoms with E-state index in [2.05, 4.69) is 26.4 Å². The third kappa shape index (κ3) is 6.91. The Morgan fingerprint density at radius 1 is 1.36 bits per heavy atom. The van der Waals surface area contributed by atoms with E-state index in [1.165, 1.54) is 6.07 Å². The van der Waals surface area contributed by atoms with E-state index < -0.39 is 5.91 Å². The van der Waals surface area contributed by atoms with Gasteiger partial charge in [-0.3, -0.25) is 4.79 Å². The summed E-state index contributed by atoms with van der Waals surface area (Å²) in [7, 11) is 3.29. The Labute approximate surface area is 145 Å². The fraction of sp³-hybridized carbons (Fsp3) is 0.385. The van der Waals surface area contributed by atoms with Gasteiger partial charge in [0, 0.05) is 31.0 Å². The molecule has 0 aromatic heterocycles. The number of nitrogens with two attached hydrogens (primary N) is 1. The lowest BCUT2D eigenvalue weighted by Gasteiger charge is -2.07. The molecule has 1 amide bonds. The second-order valence-electron chi connectivity index (χ2n) is 4.20. The predicted octanol–water partition coefficient (Wildman–Crippen LogP) is 1.98. The van der Waals surface area contributed by atoms with Gasteiger partial charge in [-0.1, -0.05) is 32.8 Å². The zero-order chi connectivity index (χ0) is 16.4. The average Bonchev–Trinajstić information content (AvgIpc) is 2.51. The Morgan fingerprint density at radius 3 is 2.73 bits per heavy atom. The summed E-state index contributed by atoms with van der Waals surface area (Å²) >= 11 is 3.20. The molecule has 0 bridgehead atoms. The molecule has 1 aromatic rings. The summed E-state index contributed by atoms with van der Waals surface area (Å²) < 4.78 is 0.524. The summed E-state index contributed by atoms with van der Waals surface area (Å²) in [6.45, 7) is 1.12. The molecular weight excluding hydrogens is 390 g/mol. The van der Waals surface area contributed by atoms with Crippen LogP contribution in [0.3, 0.4) is 0 Å². The summed E-state index contributed by atoms with van der Waals surface area (Å²) in [6.07, 6.45) is 0.177. The number of carbonyl (C=O) groups excluding carboxylic acids is 1. The molecule has 22 heavy (non-hydrogen) atoms. The van der Waals surface area contributed by atoms with Gasteiger partial charge in [0.15, 0.2) is 0 Å². The van der Waals surface area contributed by atoms with Gasteiger partial charge in [-0.2, -0.15) is 0 Å². The zero-order valence-corrected chi connectivity index (χ0v) is 15.0. The van der Waals surface area contributed by atoms with Gasteiger partial charge in [-0.25, -0.2) is 0 Å². The number of nitrogens with one attached hydrogen (secondary N) is 1. The molecule has 0 spiro atoms. The van der Waals surface area contributed by atoms with E-state index >= 15 is 0 Å². The molecule has 0 radical (unpaired) electrons. The molecule has 9 heteroatoms. The number of phenolic OH excluding ortho intramolecular Hbond substituents is 1. The first kappa shape index (κ1) is 19.1. The van der Waals surface area contributed by atoms with Gasteiger partial charge >= 0.3 is 0 Å². The third-order valence-corrected chi connectivity index (χ3v) is 5.60. The Bertz CT molecular complexity index is 529. The predicted molar refractivity (Wildman–Crippen MR) is 95.7 cm³/mol. The van der Waals surface area contributed by atoms with Crippen molar-refractivity contribution in [3.63, 3.8) is 0 Å². The summed E-state index contributed by atoms with van der Waals surface area (Å²) in [5.74, 6) is 1.33. The largest absolute Gasteiger partial charge is 0.507 e. The first-order valence-corrected chi connectivity index (χ1v) is 9.77. The first-order chi connectivity index (χ1) is 10.6. The lowest BCUT2D eigenvalue weighted by atomic mass is 10.1. The standard InChI is InChI=1S/C13H18BrN3O3S2/c14-10-7-9(1-2-12(10)18)8-11(17-20)13(19)16-4-6-22-21-5-3-15/h1-2,7,18,20H,3-6,8,15H2,(H,16,19). The fourth-order valence-corrected chi connectivity index (χ4v) is 3.68. The van der Waals surface area contributed by atoms with Crippen LogP contribution in [0.2, 0.25) is 0 Å². The highest BCUT2D eigenvalue weighted by atomic mass is 79.9. The van der Waals surface area contributed by atoms with Crippen molar-refractivity contribution in [2.24, 2.45) is 10.9 Å². The number of phenols is 1.